The minimum absolute atomic E-state index is 0.0301. The van der Waals surface area contributed by atoms with E-state index in [-0.39, 0.29) is 29.7 Å². The Morgan fingerprint density at radius 1 is 0.971 bits per heavy atom. The lowest BCUT2D eigenvalue weighted by molar-refractivity contribution is -0.113. The van der Waals surface area contributed by atoms with E-state index in [1.807, 2.05) is 30.3 Å². The van der Waals surface area contributed by atoms with Crippen molar-refractivity contribution in [2.24, 2.45) is 0 Å². The summed E-state index contributed by atoms with van der Waals surface area (Å²) in [4.78, 5) is 37.3. The molecule has 0 aliphatic rings. The lowest BCUT2D eigenvalue weighted by atomic mass is 10.2. The van der Waals surface area contributed by atoms with E-state index in [9.17, 15) is 14.4 Å². The van der Waals surface area contributed by atoms with Crippen LogP contribution < -0.4 is 10.6 Å². The fourth-order valence-corrected chi connectivity index (χ4v) is 3.99. The molecule has 4 aromatic rings. The third kappa shape index (κ3) is 6.04. The number of ether oxygens (including phenoxy) is 1. The average molecular weight is 490 g/mol. The van der Waals surface area contributed by atoms with Gasteiger partial charge >= 0.3 is 5.97 Å². The molecule has 2 aromatic carbocycles. The number of para-hydroxylation sites is 1. The number of anilines is 1. The number of amides is 2. The minimum Gasteiger partial charge on any atom is -0.462 e. The molecule has 2 amide bonds. The minimum atomic E-state index is -0.502. The quantitative estimate of drug-likeness (QED) is 0.273. The Morgan fingerprint density at radius 2 is 1.74 bits per heavy atom. The van der Waals surface area contributed by atoms with Crippen LogP contribution in [0.2, 0.25) is 0 Å². The smallest absolute Gasteiger partial charge is 0.340 e. The van der Waals surface area contributed by atoms with Crippen LogP contribution >= 0.6 is 11.8 Å². The fourth-order valence-electron chi connectivity index (χ4n) is 3.28. The number of hydrogen-bond acceptors (Lipinski definition) is 7. The molecule has 0 spiro atoms. The molecule has 178 valence electrons. The Balaban J connectivity index is 1.40. The lowest BCUT2D eigenvalue weighted by Gasteiger charge is -2.10. The van der Waals surface area contributed by atoms with Gasteiger partial charge in [-0.15, -0.1) is 10.2 Å². The summed E-state index contributed by atoms with van der Waals surface area (Å²) in [5.41, 5.74) is 2.66. The number of carbonyl (C=O) groups is 3. The number of thioether (sulfide) groups is 1. The van der Waals surface area contributed by atoms with Gasteiger partial charge in [-0.1, -0.05) is 54.2 Å². The molecule has 0 saturated carbocycles. The van der Waals surface area contributed by atoms with E-state index in [0.29, 0.717) is 28.6 Å². The van der Waals surface area contributed by atoms with E-state index in [2.05, 4.69) is 20.8 Å². The number of benzene rings is 2. The first kappa shape index (κ1) is 24.0. The molecule has 0 bridgehead atoms. The summed E-state index contributed by atoms with van der Waals surface area (Å²) in [7, 11) is 0. The highest BCUT2D eigenvalue weighted by molar-refractivity contribution is 7.99. The maximum Gasteiger partial charge on any atom is 0.340 e. The molecule has 4 rings (SSSR count). The zero-order chi connectivity index (χ0) is 24.6. The molecular weight excluding hydrogens is 466 g/mol. The Kier molecular flexibility index (Phi) is 7.74. The first-order valence-corrected chi connectivity index (χ1v) is 11.9. The van der Waals surface area contributed by atoms with Gasteiger partial charge in [0, 0.05) is 12.7 Å². The monoisotopic (exact) mass is 489 g/mol. The molecule has 0 fully saturated rings. The van der Waals surface area contributed by atoms with Crippen molar-refractivity contribution in [3.63, 3.8) is 0 Å². The summed E-state index contributed by atoms with van der Waals surface area (Å²) < 4.78 is 6.71. The van der Waals surface area contributed by atoms with E-state index in [1.54, 1.807) is 53.9 Å². The molecule has 0 aliphatic heterocycles. The Bertz CT molecular complexity index is 1360. The van der Waals surface area contributed by atoms with Crippen LogP contribution in [0.4, 0.5) is 5.69 Å². The molecule has 9 nitrogen and oxygen atoms in total. The predicted octanol–water partition coefficient (Wildman–Crippen LogP) is 3.57. The highest BCUT2D eigenvalue weighted by Crippen LogP contribution is 2.20. The van der Waals surface area contributed by atoms with Crippen LogP contribution in [0, 0.1) is 0 Å². The normalized spacial score (nSPS) is 10.7. The first-order chi connectivity index (χ1) is 17.0. The van der Waals surface area contributed by atoms with Gasteiger partial charge in [0.1, 0.15) is 0 Å². The molecule has 2 N–H and O–H groups in total. The van der Waals surface area contributed by atoms with E-state index in [1.165, 1.54) is 11.8 Å². The number of aromatic nitrogens is 3. The van der Waals surface area contributed by atoms with Crippen LogP contribution in [0.3, 0.4) is 0 Å². The zero-order valence-corrected chi connectivity index (χ0v) is 19.7. The lowest BCUT2D eigenvalue weighted by Crippen LogP contribution is -2.23. The molecule has 2 aromatic heterocycles. The van der Waals surface area contributed by atoms with Gasteiger partial charge in [0.25, 0.3) is 5.91 Å². The van der Waals surface area contributed by atoms with Gasteiger partial charge < -0.3 is 15.4 Å². The number of pyridine rings is 1. The van der Waals surface area contributed by atoms with E-state index in [0.717, 1.165) is 5.56 Å². The Labute approximate surface area is 205 Å². The number of rotatable bonds is 9. The van der Waals surface area contributed by atoms with Crippen LogP contribution in [0.15, 0.2) is 78.1 Å². The number of nitrogens with one attached hydrogen (secondary N) is 2. The summed E-state index contributed by atoms with van der Waals surface area (Å²) in [6, 6.07) is 19.7. The van der Waals surface area contributed by atoms with Crippen LogP contribution in [-0.2, 0) is 16.1 Å². The summed E-state index contributed by atoms with van der Waals surface area (Å²) in [5, 5.41) is 14.3. The standard InChI is InChI=1S/C25H23N5O4S/c1-2-34-24(33)19-10-6-7-11-20(19)27-22(31)16-35-25-29-28-21-13-12-18(15-30(21)25)23(32)26-14-17-8-4-3-5-9-17/h3-13,15H,2,14,16H2,1H3,(H,26,32)(H,27,31). The van der Waals surface area contributed by atoms with E-state index >= 15 is 0 Å². The molecule has 35 heavy (non-hydrogen) atoms. The maximum absolute atomic E-state index is 12.6. The van der Waals surface area contributed by atoms with Gasteiger partial charge in [0.2, 0.25) is 5.91 Å². The number of fused-ring (bicyclic) bond motifs is 1. The zero-order valence-electron chi connectivity index (χ0n) is 18.9. The van der Waals surface area contributed by atoms with Crippen molar-refractivity contribution in [3.8, 4) is 0 Å². The molecule has 10 heteroatoms. The molecule has 0 atom stereocenters. The molecular formula is C25H23N5O4S. The maximum atomic E-state index is 12.6. The van der Waals surface area contributed by atoms with Crippen molar-refractivity contribution in [2.75, 3.05) is 17.7 Å². The number of esters is 1. The summed E-state index contributed by atoms with van der Waals surface area (Å²) in [6.45, 7) is 2.37. The van der Waals surface area contributed by atoms with Gasteiger partial charge in [-0.2, -0.15) is 0 Å². The molecule has 0 saturated heterocycles. The van der Waals surface area contributed by atoms with Gasteiger partial charge in [-0.05, 0) is 36.8 Å². The second-order valence-electron chi connectivity index (χ2n) is 7.40. The van der Waals surface area contributed by atoms with Crippen molar-refractivity contribution in [3.05, 3.63) is 89.6 Å². The average Bonchev–Trinajstić information content (AvgIpc) is 3.29. The molecule has 0 aliphatic carbocycles. The fraction of sp³-hybridized carbons (Fsp3) is 0.160. The van der Waals surface area contributed by atoms with Crippen molar-refractivity contribution in [1.82, 2.24) is 19.9 Å². The van der Waals surface area contributed by atoms with Gasteiger partial charge in [-0.25, -0.2) is 4.79 Å². The Hall–Kier alpha value is -4.18. The van der Waals surface area contributed by atoms with Gasteiger partial charge in [-0.3, -0.25) is 14.0 Å². The van der Waals surface area contributed by atoms with Crippen molar-refractivity contribution < 1.29 is 19.1 Å². The second kappa shape index (κ2) is 11.3. The molecule has 0 radical (unpaired) electrons. The number of hydrogen-bond donors (Lipinski definition) is 2. The summed E-state index contributed by atoms with van der Waals surface area (Å²) in [5.74, 6) is -1.02. The van der Waals surface area contributed by atoms with Gasteiger partial charge in [0.15, 0.2) is 10.8 Å². The largest absolute Gasteiger partial charge is 0.462 e. The van der Waals surface area contributed by atoms with Crippen molar-refractivity contribution in [1.29, 1.82) is 0 Å². The molecule has 2 heterocycles. The molecule has 0 unspecified atom stereocenters. The number of carbonyl (C=O) groups excluding carboxylic acids is 3. The predicted molar refractivity (Wildman–Crippen MR) is 132 cm³/mol. The van der Waals surface area contributed by atoms with E-state index in [4.69, 9.17) is 4.74 Å². The van der Waals surface area contributed by atoms with Crippen LogP contribution in [0.25, 0.3) is 5.65 Å². The first-order valence-electron chi connectivity index (χ1n) is 10.9. The highest BCUT2D eigenvalue weighted by Gasteiger charge is 2.16. The Morgan fingerprint density at radius 3 is 2.54 bits per heavy atom. The SMILES string of the molecule is CCOC(=O)c1ccccc1NC(=O)CSc1nnc2ccc(C(=O)NCc3ccccc3)cn12. The van der Waals surface area contributed by atoms with Crippen LogP contribution in [0.5, 0.6) is 0 Å². The third-order valence-electron chi connectivity index (χ3n) is 4.96. The van der Waals surface area contributed by atoms with Crippen molar-refractivity contribution in [2.45, 2.75) is 18.6 Å². The van der Waals surface area contributed by atoms with Crippen LogP contribution in [-0.4, -0.2) is 44.7 Å². The van der Waals surface area contributed by atoms with Gasteiger partial charge in [0.05, 0.1) is 29.2 Å². The third-order valence-corrected chi connectivity index (χ3v) is 5.90. The van der Waals surface area contributed by atoms with E-state index < -0.39 is 5.97 Å². The van der Waals surface area contributed by atoms with Crippen molar-refractivity contribution >= 4 is 40.9 Å². The number of nitrogens with zero attached hydrogens (tertiary/aromatic N) is 3. The second-order valence-corrected chi connectivity index (χ2v) is 8.34. The van der Waals surface area contributed by atoms with Crippen LogP contribution in [0.1, 0.15) is 33.2 Å². The summed E-state index contributed by atoms with van der Waals surface area (Å²) >= 11 is 1.17. The summed E-state index contributed by atoms with van der Waals surface area (Å²) in [6.07, 6.45) is 1.64. The topological polar surface area (TPSA) is 115 Å². The highest BCUT2D eigenvalue weighted by atomic mass is 32.2.